The number of hydrogen-bond donors (Lipinski definition) is 1. The Morgan fingerprint density at radius 1 is 1.19 bits per heavy atom. The van der Waals surface area contributed by atoms with E-state index >= 15 is 0 Å². The number of oxazole rings is 1. The number of benzene rings is 1. The van der Waals surface area contributed by atoms with Crippen LogP contribution in [0.15, 0.2) is 41.3 Å². The Labute approximate surface area is 94.8 Å². The molecule has 0 aliphatic carbocycles. The molecule has 1 aromatic carbocycles. The lowest BCUT2D eigenvalue weighted by Crippen LogP contribution is -2.03. The molecule has 16 heavy (non-hydrogen) atoms. The van der Waals surface area contributed by atoms with E-state index in [9.17, 15) is 5.11 Å². The summed E-state index contributed by atoms with van der Waals surface area (Å²) in [4.78, 5) is 4.14. The van der Waals surface area contributed by atoms with Crippen molar-refractivity contribution in [3.8, 4) is 0 Å². The maximum Gasteiger partial charge on any atom is 0.180 e. The molecule has 84 valence electrons. The number of aliphatic hydroxyl groups excluding tert-OH is 1. The van der Waals surface area contributed by atoms with Gasteiger partial charge in [-0.3, -0.25) is 0 Å². The van der Waals surface area contributed by atoms with E-state index in [-0.39, 0.29) is 5.92 Å². The van der Waals surface area contributed by atoms with Crippen LogP contribution in [0.1, 0.15) is 42.7 Å². The van der Waals surface area contributed by atoms with Crippen LogP contribution in [0.3, 0.4) is 0 Å². The average molecular weight is 217 g/mol. The summed E-state index contributed by atoms with van der Waals surface area (Å²) >= 11 is 0. The van der Waals surface area contributed by atoms with Crippen molar-refractivity contribution in [1.82, 2.24) is 4.98 Å². The highest BCUT2D eigenvalue weighted by Gasteiger charge is 2.16. The maximum absolute atomic E-state index is 9.71. The van der Waals surface area contributed by atoms with Gasteiger partial charge in [0.15, 0.2) is 6.39 Å². The van der Waals surface area contributed by atoms with Crippen LogP contribution in [0.5, 0.6) is 0 Å². The van der Waals surface area contributed by atoms with Crippen LogP contribution < -0.4 is 0 Å². The zero-order valence-electron chi connectivity index (χ0n) is 9.42. The molecular weight excluding hydrogens is 202 g/mol. The van der Waals surface area contributed by atoms with Gasteiger partial charge < -0.3 is 9.52 Å². The predicted octanol–water partition coefficient (Wildman–Crippen LogP) is 2.88. The van der Waals surface area contributed by atoms with Gasteiger partial charge in [0.05, 0.1) is 11.8 Å². The van der Waals surface area contributed by atoms with Crippen LogP contribution in [0.2, 0.25) is 0 Å². The Bertz CT molecular complexity index is 449. The molecule has 0 spiro atoms. The fraction of sp³-hybridized carbons (Fsp3) is 0.308. The van der Waals surface area contributed by atoms with Gasteiger partial charge in [0.25, 0.3) is 0 Å². The molecule has 2 rings (SSSR count). The summed E-state index contributed by atoms with van der Waals surface area (Å²) in [6.45, 7) is 3.83. The van der Waals surface area contributed by atoms with Gasteiger partial charge in [-0.1, -0.05) is 31.2 Å². The van der Waals surface area contributed by atoms with Gasteiger partial charge in [-0.15, -0.1) is 0 Å². The SMILES string of the molecule is CC(O)c1ccccc1C(C)c1cocn1. The van der Waals surface area contributed by atoms with Crippen LogP contribution in [-0.4, -0.2) is 10.1 Å². The first-order valence-electron chi connectivity index (χ1n) is 5.35. The van der Waals surface area contributed by atoms with E-state index < -0.39 is 6.10 Å². The van der Waals surface area contributed by atoms with Crippen LogP contribution >= 0.6 is 0 Å². The molecule has 1 N–H and O–H groups in total. The molecule has 2 unspecified atom stereocenters. The first-order chi connectivity index (χ1) is 7.70. The number of hydrogen-bond acceptors (Lipinski definition) is 3. The molecule has 3 heteroatoms. The number of aromatic nitrogens is 1. The number of nitrogens with zero attached hydrogens (tertiary/aromatic N) is 1. The quantitative estimate of drug-likeness (QED) is 0.859. The molecule has 0 bridgehead atoms. The Morgan fingerprint density at radius 3 is 2.44 bits per heavy atom. The first-order valence-corrected chi connectivity index (χ1v) is 5.35. The third-order valence-electron chi connectivity index (χ3n) is 2.81. The van der Waals surface area contributed by atoms with Crippen molar-refractivity contribution < 1.29 is 9.52 Å². The smallest absolute Gasteiger partial charge is 0.180 e. The summed E-state index contributed by atoms with van der Waals surface area (Å²) in [5.41, 5.74) is 2.91. The van der Waals surface area contributed by atoms with Gasteiger partial charge in [-0.2, -0.15) is 0 Å². The van der Waals surface area contributed by atoms with E-state index in [0.717, 1.165) is 16.8 Å². The Kier molecular flexibility index (Phi) is 3.06. The second kappa shape index (κ2) is 4.49. The Balaban J connectivity index is 2.40. The second-order valence-electron chi connectivity index (χ2n) is 3.94. The summed E-state index contributed by atoms with van der Waals surface area (Å²) in [5.74, 6) is 0.129. The average Bonchev–Trinajstić information content (AvgIpc) is 2.81. The molecule has 2 atom stereocenters. The molecule has 0 saturated carbocycles. The molecule has 0 saturated heterocycles. The van der Waals surface area contributed by atoms with Crippen molar-refractivity contribution in [2.24, 2.45) is 0 Å². The Morgan fingerprint density at radius 2 is 1.88 bits per heavy atom. The minimum atomic E-state index is -0.467. The monoisotopic (exact) mass is 217 g/mol. The normalized spacial score (nSPS) is 14.7. The van der Waals surface area contributed by atoms with Gasteiger partial charge in [-0.25, -0.2) is 4.98 Å². The summed E-state index contributed by atoms with van der Waals surface area (Å²) in [6.07, 6.45) is 2.60. The number of aliphatic hydroxyl groups is 1. The maximum atomic E-state index is 9.71. The largest absolute Gasteiger partial charge is 0.451 e. The summed E-state index contributed by atoms with van der Waals surface area (Å²) in [5, 5.41) is 9.71. The minimum Gasteiger partial charge on any atom is -0.451 e. The lowest BCUT2D eigenvalue weighted by molar-refractivity contribution is 0.198. The summed E-state index contributed by atoms with van der Waals surface area (Å²) in [6, 6.07) is 7.86. The third kappa shape index (κ3) is 1.99. The zero-order chi connectivity index (χ0) is 11.5. The van der Waals surface area contributed by atoms with Crippen molar-refractivity contribution in [3.63, 3.8) is 0 Å². The molecule has 0 amide bonds. The van der Waals surface area contributed by atoms with Gasteiger partial charge in [0.2, 0.25) is 0 Å². The van der Waals surface area contributed by atoms with E-state index in [4.69, 9.17) is 4.42 Å². The fourth-order valence-corrected chi connectivity index (χ4v) is 1.88. The van der Waals surface area contributed by atoms with E-state index in [1.54, 1.807) is 13.2 Å². The first kappa shape index (κ1) is 10.9. The van der Waals surface area contributed by atoms with E-state index in [0.29, 0.717) is 0 Å². The molecule has 1 heterocycles. The van der Waals surface area contributed by atoms with E-state index in [1.165, 1.54) is 6.39 Å². The molecule has 0 radical (unpaired) electrons. The van der Waals surface area contributed by atoms with Gasteiger partial charge in [0, 0.05) is 5.92 Å². The molecule has 3 nitrogen and oxygen atoms in total. The van der Waals surface area contributed by atoms with Crippen molar-refractivity contribution in [2.75, 3.05) is 0 Å². The summed E-state index contributed by atoms with van der Waals surface area (Å²) < 4.78 is 4.98. The van der Waals surface area contributed by atoms with Gasteiger partial charge in [0.1, 0.15) is 6.26 Å². The fourth-order valence-electron chi connectivity index (χ4n) is 1.88. The van der Waals surface area contributed by atoms with Crippen LogP contribution in [-0.2, 0) is 0 Å². The highest BCUT2D eigenvalue weighted by Crippen LogP contribution is 2.28. The third-order valence-corrected chi connectivity index (χ3v) is 2.81. The van der Waals surface area contributed by atoms with E-state index in [1.807, 2.05) is 24.3 Å². The Hall–Kier alpha value is -1.61. The highest BCUT2D eigenvalue weighted by atomic mass is 16.3. The van der Waals surface area contributed by atoms with Crippen molar-refractivity contribution in [3.05, 3.63) is 53.7 Å². The van der Waals surface area contributed by atoms with Crippen LogP contribution in [0, 0.1) is 0 Å². The van der Waals surface area contributed by atoms with Crippen molar-refractivity contribution >= 4 is 0 Å². The van der Waals surface area contributed by atoms with Gasteiger partial charge in [-0.05, 0) is 18.1 Å². The molecule has 0 aliphatic rings. The second-order valence-corrected chi connectivity index (χ2v) is 3.94. The topological polar surface area (TPSA) is 46.3 Å². The molecule has 2 aromatic rings. The van der Waals surface area contributed by atoms with Crippen molar-refractivity contribution in [1.29, 1.82) is 0 Å². The van der Waals surface area contributed by atoms with E-state index in [2.05, 4.69) is 11.9 Å². The highest BCUT2D eigenvalue weighted by molar-refractivity contribution is 5.35. The van der Waals surface area contributed by atoms with Crippen LogP contribution in [0.4, 0.5) is 0 Å². The van der Waals surface area contributed by atoms with Crippen molar-refractivity contribution in [2.45, 2.75) is 25.9 Å². The van der Waals surface area contributed by atoms with Gasteiger partial charge >= 0.3 is 0 Å². The lowest BCUT2D eigenvalue weighted by atomic mass is 9.91. The lowest BCUT2D eigenvalue weighted by Gasteiger charge is -2.16. The molecule has 1 aromatic heterocycles. The minimum absolute atomic E-state index is 0.129. The zero-order valence-corrected chi connectivity index (χ0v) is 9.42. The summed E-state index contributed by atoms with van der Waals surface area (Å²) in [7, 11) is 0. The molecule has 0 fully saturated rings. The van der Waals surface area contributed by atoms with Crippen LogP contribution in [0.25, 0.3) is 0 Å². The predicted molar refractivity (Wildman–Crippen MR) is 61.1 cm³/mol. The molecular formula is C13H15NO2. The molecule has 0 aliphatic heterocycles. The number of rotatable bonds is 3. The standard InChI is InChI=1S/C13H15NO2/c1-9(13-7-16-8-14-13)11-5-3-4-6-12(11)10(2)15/h3-10,15H,1-2H3.